The molecule has 0 spiro atoms. The number of benzene rings is 1. The number of hydrogen-bond donors (Lipinski definition) is 1. The van der Waals surface area contributed by atoms with E-state index in [2.05, 4.69) is 0 Å². The highest BCUT2D eigenvalue weighted by molar-refractivity contribution is 5.27. The summed E-state index contributed by atoms with van der Waals surface area (Å²) in [6.07, 6.45) is 0.805. The molecular formula is C10H10F2O. The van der Waals surface area contributed by atoms with Gasteiger partial charge in [0.25, 0.3) is 0 Å². The molecular weight excluding hydrogens is 174 g/mol. The Morgan fingerprint density at radius 1 is 1.38 bits per heavy atom. The van der Waals surface area contributed by atoms with Gasteiger partial charge in [-0.15, -0.1) is 0 Å². The van der Waals surface area contributed by atoms with Crippen molar-refractivity contribution in [2.75, 3.05) is 6.61 Å². The molecule has 0 aliphatic heterocycles. The second-order valence-corrected chi connectivity index (χ2v) is 3.45. The largest absolute Gasteiger partial charge is 0.396 e. The first-order valence-electron chi connectivity index (χ1n) is 4.28. The van der Waals surface area contributed by atoms with Gasteiger partial charge in [0.1, 0.15) is 11.6 Å². The van der Waals surface area contributed by atoms with Crippen LogP contribution in [0.5, 0.6) is 0 Å². The summed E-state index contributed by atoms with van der Waals surface area (Å²) in [6, 6.07) is 3.61. The summed E-state index contributed by atoms with van der Waals surface area (Å²) in [4.78, 5) is 0. The molecule has 0 aromatic heterocycles. The Hall–Kier alpha value is -0.960. The number of rotatable bonds is 2. The summed E-state index contributed by atoms with van der Waals surface area (Å²) in [5.74, 6) is -0.797. The second kappa shape index (κ2) is 3.07. The third-order valence-corrected chi connectivity index (χ3v) is 2.52. The zero-order valence-corrected chi connectivity index (χ0v) is 7.00. The Labute approximate surface area is 75.0 Å². The molecule has 1 aliphatic carbocycles. The lowest BCUT2D eigenvalue weighted by Crippen LogP contribution is -1.93. The van der Waals surface area contributed by atoms with Gasteiger partial charge in [0, 0.05) is 12.7 Å². The Kier molecular flexibility index (Phi) is 2.04. The van der Waals surface area contributed by atoms with Gasteiger partial charge in [-0.25, -0.2) is 8.78 Å². The molecule has 1 aromatic rings. The van der Waals surface area contributed by atoms with Crippen molar-refractivity contribution in [3.63, 3.8) is 0 Å². The summed E-state index contributed by atoms with van der Waals surface area (Å²) >= 11 is 0. The van der Waals surface area contributed by atoms with Crippen LogP contribution in [0.25, 0.3) is 0 Å². The summed E-state index contributed by atoms with van der Waals surface area (Å²) in [5.41, 5.74) is 0.528. The van der Waals surface area contributed by atoms with Crippen molar-refractivity contribution in [3.8, 4) is 0 Å². The summed E-state index contributed by atoms with van der Waals surface area (Å²) in [6.45, 7) is 0.0848. The van der Waals surface area contributed by atoms with Crippen LogP contribution in [0.4, 0.5) is 8.78 Å². The second-order valence-electron chi connectivity index (χ2n) is 3.45. The summed E-state index contributed by atoms with van der Waals surface area (Å²) in [7, 11) is 0. The Morgan fingerprint density at radius 3 is 2.69 bits per heavy atom. The molecule has 0 bridgehead atoms. The Balaban J connectivity index is 2.22. The maximum atomic E-state index is 13.1. The molecule has 2 rings (SSSR count). The van der Waals surface area contributed by atoms with Gasteiger partial charge in [0.05, 0.1) is 0 Å². The SMILES string of the molecule is OC[C@@H]1C[C@H]1c1ccc(F)cc1F. The number of aliphatic hydroxyl groups excluding tert-OH is 1. The van der Waals surface area contributed by atoms with Crippen molar-refractivity contribution in [1.29, 1.82) is 0 Å². The minimum Gasteiger partial charge on any atom is -0.396 e. The van der Waals surface area contributed by atoms with Crippen LogP contribution in [0.1, 0.15) is 17.9 Å². The molecule has 1 aromatic carbocycles. The third-order valence-electron chi connectivity index (χ3n) is 2.52. The lowest BCUT2D eigenvalue weighted by atomic mass is 10.1. The van der Waals surface area contributed by atoms with Gasteiger partial charge in [-0.05, 0) is 29.9 Å². The lowest BCUT2D eigenvalue weighted by molar-refractivity contribution is 0.273. The Bertz CT molecular complexity index is 325. The first-order valence-corrected chi connectivity index (χ1v) is 4.28. The molecule has 1 nitrogen and oxygen atoms in total. The van der Waals surface area contributed by atoms with E-state index in [4.69, 9.17) is 5.11 Å². The van der Waals surface area contributed by atoms with Gasteiger partial charge in [0.15, 0.2) is 0 Å². The van der Waals surface area contributed by atoms with Crippen molar-refractivity contribution in [3.05, 3.63) is 35.4 Å². The molecule has 1 saturated carbocycles. The topological polar surface area (TPSA) is 20.2 Å². The molecule has 70 valence electrons. The van der Waals surface area contributed by atoms with Gasteiger partial charge in [0.2, 0.25) is 0 Å². The number of hydrogen-bond acceptors (Lipinski definition) is 1. The summed E-state index contributed by atoms with van der Waals surface area (Å²) in [5, 5.41) is 8.79. The predicted molar refractivity (Wildman–Crippen MR) is 44.3 cm³/mol. The maximum absolute atomic E-state index is 13.1. The van der Waals surface area contributed by atoms with Crippen molar-refractivity contribution in [2.24, 2.45) is 5.92 Å². The standard InChI is InChI=1S/C10H10F2O/c11-7-1-2-8(10(12)4-7)9-3-6(9)5-13/h1-2,4,6,9,13H,3,5H2/t6-,9+/m0/s1. The van der Waals surface area contributed by atoms with Crippen LogP contribution in [-0.2, 0) is 0 Å². The van der Waals surface area contributed by atoms with E-state index in [1.807, 2.05) is 0 Å². The zero-order valence-electron chi connectivity index (χ0n) is 7.00. The normalized spacial score (nSPS) is 26.1. The number of halogens is 2. The van der Waals surface area contributed by atoms with Crippen molar-refractivity contribution in [2.45, 2.75) is 12.3 Å². The van der Waals surface area contributed by atoms with E-state index in [1.165, 1.54) is 12.1 Å². The first-order chi connectivity index (χ1) is 6.22. The fraction of sp³-hybridized carbons (Fsp3) is 0.400. The van der Waals surface area contributed by atoms with Crippen LogP contribution in [0.15, 0.2) is 18.2 Å². The van der Waals surface area contributed by atoms with Crippen molar-refractivity contribution >= 4 is 0 Å². The highest BCUT2D eigenvalue weighted by atomic mass is 19.1. The van der Waals surface area contributed by atoms with E-state index < -0.39 is 11.6 Å². The number of aliphatic hydroxyl groups is 1. The average molecular weight is 184 g/mol. The van der Waals surface area contributed by atoms with Crippen LogP contribution in [0.3, 0.4) is 0 Å². The highest BCUT2D eigenvalue weighted by Crippen LogP contribution is 2.47. The molecule has 1 aliphatic rings. The van der Waals surface area contributed by atoms with E-state index in [0.29, 0.717) is 5.56 Å². The smallest absolute Gasteiger partial charge is 0.129 e. The molecule has 1 N–H and O–H groups in total. The third kappa shape index (κ3) is 1.56. The molecule has 13 heavy (non-hydrogen) atoms. The van der Waals surface area contributed by atoms with Crippen molar-refractivity contribution in [1.82, 2.24) is 0 Å². The van der Waals surface area contributed by atoms with Gasteiger partial charge >= 0.3 is 0 Å². The van der Waals surface area contributed by atoms with Crippen LogP contribution < -0.4 is 0 Å². The van der Waals surface area contributed by atoms with Gasteiger partial charge in [-0.1, -0.05) is 6.07 Å². The molecule has 0 unspecified atom stereocenters. The monoisotopic (exact) mass is 184 g/mol. The van der Waals surface area contributed by atoms with Gasteiger partial charge < -0.3 is 5.11 Å². The highest BCUT2D eigenvalue weighted by Gasteiger charge is 2.39. The fourth-order valence-electron chi connectivity index (χ4n) is 1.63. The molecule has 0 heterocycles. The van der Waals surface area contributed by atoms with Crippen LogP contribution in [0.2, 0.25) is 0 Å². The van der Waals surface area contributed by atoms with E-state index in [0.717, 1.165) is 12.5 Å². The van der Waals surface area contributed by atoms with E-state index in [1.54, 1.807) is 0 Å². The minimum atomic E-state index is -0.553. The van der Waals surface area contributed by atoms with Gasteiger partial charge in [-0.3, -0.25) is 0 Å². The van der Waals surface area contributed by atoms with Gasteiger partial charge in [-0.2, -0.15) is 0 Å². The first kappa shape index (κ1) is 8.63. The van der Waals surface area contributed by atoms with E-state index >= 15 is 0 Å². The minimum absolute atomic E-state index is 0.0848. The van der Waals surface area contributed by atoms with E-state index in [9.17, 15) is 8.78 Å². The van der Waals surface area contributed by atoms with E-state index in [-0.39, 0.29) is 18.4 Å². The molecule has 0 amide bonds. The van der Waals surface area contributed by atoms with Crippen LogP contribution >= 0.6 is 0 Å². The van der Waals surface area contributed by atoms with Crippen LogP contribution in [-0.4, -0.2) is 11.7 Å². The molecule has 0 radical (unpaired) electrons. The lowest BCUT2D eigenvalue weighted by Gasteiger charge is -2.00. The zero-order chi connectivity index (χ0) is 9.42. The van der Waals surface area contributed by atoms with Crippen molar-refractivity contribution < 1.29 is 13.9 Å². The molecule has 0 saturated heterocycles. The predicted octanol–water partition coefficient (Wildman–Crippen LogP) is 2.06. The fourth-order valence-corrected chi connectivity index (χ4v) is 1.63. The molecule has 1 fully saturated rings. The Morgan fingerprint density at radius 2 is 2.15 bits per heavy atom. The average Bonchev–Trinajstić information content (AvgIpc) is 2.83. The quantitative estimate of drug-likeness (QED) is 0.745. The maximum Gasteiger partial charge on any atom is 0.129 e. The molecule has 3 heteroatoms. The molecule has 2 atom stereocenters. The summed E-state index contributed by atoms with van der Waals surface area (Å²) < 4.78 is 25.7. The van der Waals surface area contributed by atoms with Crippen LogP contribution in [0, 0.1) is 17.6 Å².